The fraction of sp³-hybridized carbons (Fsp3) is 0.259. The van der Waals surface area contributed by atoms with E-state index in [0.717, 1.165) is 16.7 Å². The second-order valence-electron chi connectivity index (χ2n) is 7.82. The van der Waals surface area contributed by atoms with Gasteiger partial charge in [0.15, 0.2) is 0 Å². The number of aryl methyl sites for hydroxylation is 1. The number of likely N-dealkylation sites (N-methyl/N-ethyl adjacent to an activating group) is 1. The smallest absolute Gasteiger partial charge is 0.243 e. The summed E-state index contributed by atoms with van der Waals surface area (Å²) in [7, 11) is 0. The molecule has 3 rings (SSSR count). The number of benzene rings is 3. The Morgan fingerprint density at radius 1 is 0.906 bits per heavy atom. The average Bonchev–Trinajstić information content (AvgIpc) is 2.79. The van der Waals surface area contributed by atoms with Crippen LogP contribution < -0.4 is 5.32 Å². The Morgan fingerprint density at radius 2 is 1.53 bits per heavy atom. The molecule has 0 aliphatic rings. The van der Waals surface area contributed by atoms with Crippen molar-refractivity contribution in [3.8, 4) is 0 Å². The third-order valence-electron chi connectivity index (χ3n) is 5.52. The Bertz CT molecular complexity index is 1050. The number of carbonyl (C=O) groups is 2. The van der Waals surface area contributed by atoms with E-state index in [4.69, 9.17) is 0 Å². The molecule has 4 nitrogen and oxygen atoms in total. The Morgan fingerprint density at radius 3 is 2.19 bits per heavy atom. The van der Waals surface area contributed by atoms with E-state index in [2.05, 4.69) is 5.32 Å². The quantitative estimate of drug-likeness (QED) is 0.543. The first-order chi connectivity index (χ1) is 15.5. The molecular weight excluding hydrogens is 403 g/mol. The van der Waals surface area contributed by atoms with Crippen molar-refractivity contribution in [2.45, 2.75) is 39.3 Å². The zero-order valence-corrected chi connectivity index (χ0v) is 18.6. The summed E-state index contributed by atoms with van der Waals surface area (Å²) in [6.45, 7) is 4.26. The summed E-state index contributed by atoms with van der Waals surface area (Å²) in [6.07, 6.45) is 0.493. The first-order valence-electron chi connectivity index (χ1n) is 10.9. The van der Waals surface area contributed by atoms with Gasteiger partial charge in [-0.15, -0.1) is 0 Å². The van der Waals surface area contributed by atoms with Gasteiger partial charge in [0.05, 0.1) is 6.42 Å². The van der Waals surface area contributed by atoms with Crippen LogP contribution in [0.3, 0.4) is 0 Å². The molecule has 3 aromatic carbocycles. The monoisotopic (exact) mass is 432 g/mol. The maximum absolute atomic E-state index is 14.5. The Kier molecular flexibility index (Phi) is 8.14. The number of rotatable bonds is 9. The van der Waals surface area contributed by atoms with Crippen LogP contribution in [0.15, 0.2) is 78.9 Å². The van der Waals surface area contributed by atoms with Crippen molar-refractivity contribution in [3.05, 3.63) is 107 Å². The van der Waals surface area contributed by atoms with Gasteiger partial charge in [-0.3, -0.25) is 9.59 Å². The van der Waals surface area contributed by atoms with E-state index in [1.54, 1.807) is 18.2 Å². The van der Waals surface area contributed by atoms with Crippen molar-refractivity contribution < 1.29 is 14.0 Å². The van der Waals surface area contributed by atoms with Crippen molar-refractivity contribution in [2.75, 3.05) is 6.54 Å². The molecule has 32 heavy (non-hydrogen) atoms. The largest absolute Gasteiger partial charge is 0.355 e. The number of hydrogen-bond acceptors (Lipinski definition) is 2. The topological polar surface area (TPSA) is 49.4 Å². The van der Waals surface area contributed by atoms with Gasteiger partial charge < -0.3 is 10.2 Å². The normalized spacial score (nSPS) is 11.6. The van der Waals surface area contributed by atoms with Crippen molar-refractivity contribution in [2.24, 2.45) is 0 Å². The van der Waals surface area contributed by atoms with E-state index in [-0.39, 0.29) is 24.8 Å². The van der Waals surface area contributed by atoms with Gasteiger partial charge in [-0.25, -0.2) is 4.39 Å². The summed E-state index contributed by atoms with van der Waals surface area (Å²) in [4.78, 5) is 28.2. The highest BCUT2D eigenvalue weighted by atomic mass is 19.1. The van der Waals surface area contributed by atoms with Crippen molar-refractivity contribution in [1.29, 1.82) is 0 Å². The lowest BCUT2D eigenvalue weighted by atomic mass is 10.00. The minimum absolute atomic E-state index is 0.0199. The molecule has 166 valence electrons. The molecule has 0 bridgehead atoms. The van der Waals surface area contributed by atoms with Gasteiger partial charge in [-0.1, -0.05) is 72.8 Å². The third-order valence-corrected chi connectivity index (χ3v) is 5.52. The van der Waals surface area contributed by atoms with Gasteiger partial charge in [0.1, 0.15) is 11.9 Å². The van der Waals surface area contributed by atoms with Crippen LogP contribution in [0.4, 0.5) is 4.39 Å². The number of nitrogens with zero attached hydrogens (tertiary/aromatic N) is 1. The summed E-state index contributed by atoms with van der Waals surface area (Å²) in [5.74, 6) is -0.851. The Balaban J connectivity index is 1.98. The summed E-state index contributed by atoms with van der Waals surface area (Å²) in [5, 5.41) is 2.85. The van der Waals surface area contributed by atoms with Gasteiger partial charge in [-0.05, 0) is 36.6 Å². The second-order valence-corrected chi connectivity index (χ2v) is 7.82. The van der Waals surface area contributed by atoms with Gasteiger partial charge in [0, 0.05) is 25.1 Å². The van der Waals surface area contributed by atoms with E-state index < -0.39 is 11.9 Å². The lowest BCUT2D eigenvalue weighted by Crippen LogP contribution is -2.51. The molecule has 0 saturated carbocycles. The highest BCUT2D eigenvalue weighted by Crippen LogP contribution is 2.19. The molecular formula is C27H29FN2O2. The number of halogens is 1. The zero-order chi connectivity index (χ0) is 22.9. The molecule has 2 amide bonds. The molecule has 0 saturated heterocycles. The molecule has 0 aromatic heterocycles. The first-order valence-corrected chi connectivity index (χ1v) is 10.9. The van der Waals surface area contributed by atoms with Gasteiger partial charge in [-0.2, -0.15) is 0 Å². The predicted molar refractivity (Wildman–Crippen MR) is 124 cm³/mol. The molecule has 0 radical (unpaired) electrons. The molecule has 0 fully saturated rings. The van der Waals surface area contributed by atoms with E-state index in [0.29, 0.717) is 18.5 Å². The number of hydrogen-bond donors (Lipinski definition) is 1. The highest BCUT2D eigenvalue weighted by molar-refractivity contribution is 5.88. The lowest BCUT2D eigenvalue weighted by Gasteiger charge is -2.32. The highest BCUT2D eigenvalue weighted by Gasteiger charge is 2.30. The SMILES string of the molecule is CCNC(=O)[C@@H](Cc1ccccc1)N(Cc1ccccc1F)C(=O)Cc1ccccc1C. The van der Waals surface area contributed by atoms with E-state index >= 15 is 0 Å². The van der Waals surface area contributed by atoms with Crippen LogP contribution >= 0.6 is 0 Å². The summed E-state index contributed by atoms with van der Waals surface area (Å²) in [6, 6.07) is 22.9. The van der Waals surface area contributed by atoms with Crippen LogP contribution in [0, 0.1) is 12.7 Å². The van der Waals surface area contributed by atoms with E-state index in [1.807, 2.05) is 68.4 Å². The number of nitrogens with one attached hydrogen (secondary N) is 1. The minimum atomic E-state index is -0.756. The van der Waals surface area contributed by atoms with Crippen LogP contribution in [-0.2, 0) is 29.0 Å². The second kappa shape index (κ2) is 11.2. The predicted octanol–water partition coefficient (Wildman–Crippen LogP) is 4.45. The van der Waals surface area contributed by atoms with E-state index in [1.165, 1.54) is 11.0 Å². The Hall–Kier alpha value is -3.47. The van der Waals surface area contributed by atoms with Crippen LogP contribution in [0.25, 0.3) is 0 Å². The molecule has 0 unspecified atom stereocenters. The lowest BCUT2D eigenvalue weighted by molar-refractivity contribution is -0.140. The first kappa shape index (κ1) is 23.2. The fourth-order valence-electron chi connectivity index (χ4n) is 3.73. The maximum Gasteiger partial charge on any atom is 0.243 e. The van der Waals surface area contributed by atoms with Gasteiger partial charge in [0.25, 0.3) is 0 Å². The average molecular weight is 433 g/mol. The van der Waals surface area contributed by atoms with Crippen molar-refractivity contribution in [1.82, 2.24) is 10.2 Å². The molecule has 0 aliphatic carbocycles. The van der Waals surface area contributed by atoms with E-state index in [9.17, 15) is 14.0 Å². The van der Waals surface area contributed by atoms with Crippen LogP contribution in [0.1, 0.15) is 29.2 Å². The van der Waals surface area contributed by atoms with Gasteiger partial charge >= 0.3 is 0 Å². The summed E-state index contributed by atoms with van der Waals surface area (Å²) >= 11 is 0. The van der Waals surface area contributed by atoms with Crippen molar-refractivity contribution >= 4 is 11.8 Å². The third kappa shape index (κ3) is 6.03. The Labute approximate surface area is 189 Å². The molecule has 0 spiro atoms. The van der Waals surface area contributed by atoms with Crippen LogP contribution in [0.2, 0.25) is 0 Å². The molecule has 5 heteroatoms. The fourth-order valence-corrected chi connectivity index (χ4v) is 3.73. The summed E-state index contributed by atoms with van der Waals surface area (Å²) < 4.78 is 14.5. The van der Waals surface area contributed by atoms with Crippen LogP contribution in [0.5, 0.6) is 0 Å². The zero-order valence-electron chi connectivity index (χ0n) is 18.6. The van der Waals surface area contributed by atoms with Crippen LogP contribution in [-0.4, -0.2) is 29.3 Å². The standard InChI is InChI=1S/C27H29FN2O2/c1-3-29-27(32)25(17-21-12-5-4-6-13-21)30(19-23-15-9-10-16-24(23)28)26(31)18-22-14-8-7-11-20(22)2/h4-16,25H,3,17-19H2,1-2H3,(H,29,32)/t25-/m1/s1. The maximum atomic E-state index is 14.5. The molecule has 0 heterocycles. The minimum Gasteiger partial charge on any atom is -0.355 e. The number of carbonyl (C=O) groups excluding carboxylic acids is 2. The number of amides is 2. The summed E-state index contributed by atoms with van der Waals surface area (Å²) in [5.41, 5.74) is 3.22. The van der Waals surface area contributed by atoms with Crippen molar-refractivity contribution in [3.63, 3.8) is 0 Å². The molecule has 0 aliphatic heterocycles. The molecule has 1 N–H and O–H groups in total. The molecule has 1 atom stereocenters. The van der Waals surface area contributed by atoms with Gasteiger partial charge in [0.2, 0.25) is 11.8 Å². The molecule has 3 aromatic rings.